The normalized spacial score (nSPS) is 17.8. The molecule has 6 heteroatoms. The predicted molar refractivity (Wildman–Crippen MR) is 95.7 cm³/mol. The van der Waals surface area contributed by atoms with Crippen molar-refractivity contribution in [3.8, 4) is 11.5 Å². The maximum atomic E-state index is 13.4. The molecule has 0 spiro atoms. The third kappa shape index (κ3) is 2.34. The summed E-state index contributed by atoms with van der Waals surface area (Å²) >= 11 is 0. The van der Waals surface area contributed by atoms with E-state index >= 15 is 0 Å². The summed E-state index contributed by atoms with van der Waals surface area (Å²) in [6.45, 7) is 0.703. The summed E-state index contributed by atoms with van der Waals surface area (Å²) < 4.78 is 12.9. The Morgan fingerprint density at radius 1 is 1.08 bits per heavy atom. The van der Waals surface area contributed by atoms with Gasteiger partial charge in [-0.05, 0) is 36.2 Å². The molecule has 3 aromatic rings. The summed E-state index contributed by atoms with van der Waals surface area (Å²) in [5.41, 5.74) is 2.60. The lowest BCUT2D eigenvalue weighted by molar-refractivity contribution is 0.0975. The zero-order valence-corrected chi connectivity index (χ0v) is 14.0. The highest BCUT2D eigenvalue weighted by atomic mass is 16.7. The van der Waals surface area contributed by atoms with Gasteiger partial charge in [-0.15, -0.1) is 0 Å². The Kier molecular flexibility index (Phi) is 3.41. The molecule has 2 aliphatic heterocycles. The van der Waals surface area contributed by atoms with Crippen LogP contribution in [-0.2, 0) is 6.42 Å². The maximum Gasteiger partial charge on any atom is 0.262 e. The van der Waals surface area contributed by atoms with Crippen molar-refractivity contribution in [1.29, 1.82) is 0 Å². The molecule has 0 N–H and O–H groups in total. The lowest BCUT2D eigenvalue weighted by Crippen LogP contribution is -2.41. The van der Waals surface area contributed by atoms with Crippen LogP contribution < -0.4 is 14.4 Å². The second kappa shape index (κ2) is 5.91. The minimum atomic E-state index is -0.0864. The molecule has 0 unspecified atom stereocenters. The molecule has 1 amide bonds. The van der Waals surface area contributed by atoms with Gasteiger partial charge < -0.3 is 14.4 Å². The van der Waals surface area contributed by atoms with E-state index in [1.54, 1.807) is 12.3 Å². The fourth-order valence-electron chi connectivity index (χ4n) is 3.68. The molecule has 6 nitrogen and oxygen atoms in total. The van der Waals surface area contributed by atoms with Crippen LogP contribution in [0.5, 0.6) is 11.5 Å². The molecule has 5 rings (SSSR count). The number of ether oxygens (including phenoxy) is 2. The summed E-state index contributed by atoms with van der Waals surface area (Å²) in [5, 5.41) is 4.37. The standard InChI is InChI=1S/C20H17N3O3/c24-20(16-6-3-8-18-19(16)26-13-25-18)22-12-15(23-10-4-9-21-23)11-14-5-1-2-7-17(14)22/h1-10,15H,11-13H2/t15-/m0/s1. The van der Waals surface area contributed by atoms with Gasteiger partial charge in [0.2, 0.25) is 6.79 Å². The lowest BCUT2D eigenvalue weighted by atomic mass is 9.97. The van der Waals surface area contributed by atoms with Gasteiger partial charge in [0.25, 0.3) is 5.91 Å². The summed E-state index contributed by atoms with van der Waals surface area (Å²) in [5.74, 6) is 1.05. The average molecular weight is 347 g/mol. The lowest BCUT2D eigenvalue weighted by Gasteiger charge is -2.35. The molecule has 1 atom stereocenters. The highest BCUT2D eigenvalue weighted by Gasteiger charge is 2.32. The Morgan fingerprint density at radius 3 is 2.88 bits per heavy atom. The second-order valence-electron chi connectivity index (χ2n) is 6.43. The molecule has 0 fully saturated rings. The van der Waals surface area contributed by atoms with Gasteiger partial charge in [0, 0.05) is 24.6 Å². The van der Waals surface area contributed by atoms with Gasteiger partial charge in [0.15, 0.2) is 11.5 Å². The Balaban J connectivity index is 1.57. The van der Waals surface area contributed by atoms with Crippen LogP contribution in [0.1, 0.15) is 22.0 Å². The molecule has 130 valence electrons. The van der Waals surface area contributed by atoms with Crippen LogP contribution in [0.2, 0.25) is 0 Å². The summed E-state index contributed by atoms with van der Waals surface area (Å²) in [6, 6.07) is 15.5. The van der Waals surface area contributed by atoms with Gasteiger partial charge in [0.05, 0.1) is 11.6 Å². The van der Waals surface area contributed by atoms with Crippen molar-refractivity contribution in [2.75, 3.05) is 18.2 Å². The molecule has 2 aromatic carbocycles. The first kappa shape index (κ1) is 15.0. The van der Waals surface area contributed by atoms with Gasteiger partial charge in [0.1, 0.15) is 0 Å². The number of hydrogen-bond donors (Lipinski definition) is 0. The number of rotatable bonds is 2. The fraction of sp³-hybridized carbons (Fsp3) is 0.200. The van der Waals surface area contributed by atoms with E-state index in [1.807, 2.05) is 52.2 Å². The minimum Gasteiger partial charge on any atom is -0.454 e. The van der Waals surface area contributed by atoms with E-state index in [0.29, 0.717) is 23.6 Å². The van der Waals surface area contributed by atoms with Crippen molar-refractivity contribution in [3.63, 3.8) is 0 Å². The SMILES string of the molecule is O=C(c1cccc2c1OCO2)N1C[C@@H](n2cccn2)Cc2ccccc21. The molecule has 0 radical (unpaired) electrons. The van der Waals surface area contributed by atoms with Crippen LogP contribution >= 0.6 is 0 Å². The van der Waals surface area contributed by atoms with E-state index in [4.69, 9.17) is 9.47 Å². The predicted octanol–water partition coefficient (Wildman–Crippen LogP) is 3.06. The van der Waals surface area contributed by atoms with E-state index in [0.717, 1.165) is 17.7 Å². The molecular weight excluding hydrogens is 330 g/mol. The molecule has 0 bridgehead atoms. The molecule has 3 heterocycles. The van der Waals surface area contributed by atoms with E-state index < -0.39 is 0 Å². The molecular formula is C20H17N3O3. The first-order valence-corrected chi connectivity index (χ1v) is 8.59. The van der Waals surface area contributed by atoms with E-state index in [1.165, 1.54) is 0 Å². The fourth-order valence-corrected chi connectivity index (χ4v) is 3.68. The molecule has 0 saturated heterocycles. The van der Waals surface area contributed by atoms with Gasteiger partial charge in [-0.3, -0.25) is 9.48 Å². The third-order valence-electron chi connectivity index (χ3n) is 4.90. The maximum absolute atomic E-state index is 13.4. The van der Waals surface area contributed by atoms with Crippen LogP contribution in [0.25, 0.3) is 0 Å². The first-order chi connectivity index (χ1) is 12.8. The molecule has 26 heavy (non-hydrogen) atoms. The highest BCUT2D eigenvalue weighted by molar-refractivity contribution is 6.09. The topological polar surface area (TPSA) is 56.6 Å². The van der Waals surface area contributed by atoms with Crippen LogP contribution in [0, 0.1) is 0 Å². The summed E-state index contributed by atoms with van der Waals surface area (Å²) in [7, 11) is 0. The van der Waals surface area contributed by atoms with Crippen LogP contribution in [0.4, 0.5) is 5.69 Å². The van der Waals surface area contributed by atoms with E-state index in [9.17, 15) is 4.79 Å². The Hall–Kier alpha value is -3.28. The number of carbonyl (C=O) groups excluding carboxylic acids is 1. The molecule has 1 aromatic heterocycles. The van der Waals surface area contributed by atoms with E-state index in [-0.39, 0.29) is 18.7 Å². The monoisotopic (exact) mass is 347 g/mol. The number of amides is 1. The summed E-state index contributed by atoms with van der Waals surface area (Å²) in [6.07, 6.45) is 4.55. The number of fused-ring (bicyclic) bond motifs is 2. The van der Waals surface area contributed by atoms with Gasteiger partial charge >= 0.3 is 0 Å². The second-order valence-corrected chi connectivity index (χ2v) is 6.43. The summed E-state index contributed by atoms with van der Waals surface area (Å²) in [4.78, 5) is 15.2. The number of carbonyl (C=O) groups is 1. The van der Waals surface area contributed by atoms with Crippen LogP contribution in [0.15, 0.2) is 60.9 Å². The number of anilines is 1. The van der Waals surface area contributed by atoms with Crippen molar-refractivity contribution in [2.45, 2.75) is 12.5 Å². The Labute approximate surface area is 150 Å². The number of benzene rings is 2. The Morgan fingerprint density at radius 2 is 2.00 bits per heavy atom. The van der Waals surface area contributed by atoms with Crippen molar-refractivity contribution in [2.24, 2.45) is 0 Å². The largest absolute Gasteiger partial charge is 0.454 e. The Bertz CT molecular complexity index is 968. The van der Waals surface area contributed by atoms with E-state index in [2.05, 4.69) is 11.2 Å². The van der Waals surface area contributed by atoms with Gasteiger partial charge in [-0.25, -0.2) is 0 Å². The smallest absolute Gasteiger partial charge is 0.262 e. The average Bonchev–Trinajstić information content (AvgIpc) is 3.38. The zero-order valence-electron chi connectivity index (χ0n) is 14.0. The van der Waals surface area contributed by atoms with Gasteiger partial charge in [-0.1, -0.05) is 24.3 Å². The van der Waals surface area contributed by atoms with Crippen LogP contribution in [0.3, 0.4) is 0 Å². The van der Waals surface area contributed by atoms with Crippen molar-refractivity contribution >= 4 is 11.6 Å². The van der Waals surface area contributed by atoms with Crippen LogP contribution in [-0.4, -0.2) is 29.0 Å². The first-order valence-electron chi connectivity index (χ1n) is 8.59. The number of nitrogens with zero attached hydrogens (tertiary/aromatic N) is 3. The number of aromatic nitrogens is 2. The van der Waals surface area contributed by atoms with Crippen molar-refractivity contribution in [3.05, 3.63) is 72.1 Å². The quantitative estimate of drug-likeness (QED) is 0.715. The number of hydrogen-bond acceptors (Lipinski definition) is 4. The highest BCUT2D eigenvalue weighted by Crippen LogP contribution is 2.38. The number of para-hydroxylation sites is 2. The molecule has 0 saturated carbocycles. The zero-order chi connectivity index (χ0) is 17.5. The molecule has 2 aliphatic rings. The van der Waals surface area contributed by atoms with Crippen molar-refractivity contribution in [1.82, 2.24) is 9.78 Å². The third-order valence-corrected chi connectivity index (χ3v) is 4.90. The van der Waals surface area contributed by atoms with Crippen molar-refractivity contribution < 1.29 is 14.3 Å². The molecule has 0 aliphatic carbocycles. The minimum absolute atomic E-state index is 0.0864. The van der Waals surface area contributed by atoms with Gasteiger partial charge in [-0.2, -0.15) is 5.10 Å².